The molecule has 0 saturated heterocycles. The van der Waals surface area contributed by atoms with Crippen LogP contribution in [0.1, 0.15) is 22.2 Å². The van der Waals surface area contributed by atoms with Crippen molar-refractivity contribution in [2.45, 2.75) is 6.04 Å². The van der Waals surface area contributed by atoms with Gasteiger partial charge in [-0.25, -0.2) is 0 Å². The molecule has 2 aromatic carbocycles. The molecule has 0 saturated carbocycles. The van der Waals surface area contributed by atoms with Crippen molar-refractivity contribution in [1.82, 2.24) is 4.90 Å². The van der Waals surface area contributed by atoms with E-state index in [4.69, 9.17) is 13.9 Å². The highest BCUT2D eigenvalue weighted by molar-refractivity contribution is 9.10. The molecule has 1 aromatic heterocycles. The lowest BCUT2D eigenvalue weighted by Gasteiger charge is -2.26. The number of nitrogens with zero attached hydrogens (tertiary/aromatic N) is 1. The fraction of sp³-hybridized carbons (Fsp3) is 0.217. The van der Waals surface area contributed by atoms with Gasteiger partial charge in [0.15, 0.2) is 22.9 Å². The predicted octanol–water partition coefficient (Wildman–Crippen LogP) is 4.43. The van der Waals surface area contributed by atoms with Crippen LogP contribution in [0.2, 0.25) is 0 Å². The summed E-state index contributed by atoms with van der Waals surface area (Å²) in [7, 11) is 3.04. The van der Waals surface area contributed by atoms with Gasteiger partial charge in [0.25, 0.3) is 5.91 Å². The molecule has 3 aromatic rings. The van der Waals surface area contributed by atoms with Crippen molar-refractivity contribution in [3.8, 4) is 5.75 Å². The number of carbonyl (C=O) groups is 2. The molecule has 1 atom stereocenters. The van der Waals surface area contributed by atoms with Crippen molar-refractivity contribution in [3.05, 3.63) is 75.7 Å². The Kier molecular flexibility index (Phi) is 5.84. The van der Waals surface area contributed by atoms with Gasteiger partial charge in [0.05, 0.1) is 25.3 Å². The van der Waals surface area contributed by atoms with Gasteiger partial charge in [-0.1, -0.05) is 40.2 Å². The van der Waals surface area contributed by atoms with Crippen LogP contribution in [0, 0.1) is 0 Å². The zero-order chi connectivity index (χ0) is 22.1. The molecular weight excluding hydrogens is 466 g/mol. The molecule has 1 aliphatic heterocycles. The topological polar surface area (TPSA) is 89.2 Å². The third kappa shape index (κ3) is 3.73. The fourth-order valence-electron chi connectivity index (χ4n) is 3.74. The minimum atomic E-state index is -0.765. The molecule has 8 heteroatoms. The van der Waals surface area contributed by atoms with E-state index in [1.54, 1.807) is 36.4 Å². The minimum absolute atomic E-state index is 0.0181. The van der Waals surface area contributed by atoms with Gasteiger partial charge in [-0.3, -0.25) is 9.59 Å². The number of benzene rings is 2. The lowest BCUT2D eigenvalue weighted by molar-refractivity contribution is -0.130. The van der Waals surface area contributed by atoms with E-state index in [0.717, 1.165) is 4.47 Å². The van der Waals surface area contributed by atoms with Crippen LogP contribution in [0.5, 0.6) is 5.75 Å². The molecule has 160 valence electrons. The standard InChI is InChI=1S/C23H20BrNO6/c1-29-11-10-25-19(13-6-8-15(24)9-7-13)18(21(27)23(25)28)20(26)17-12-14-4-3-5-16(30-2)22(14)31-17/h3-9,12,19,27H,10-11H2,1-2H3. The highest BCUT2D eigenvalue weighted by atomic mass is 79.9. The van der Waals surface area contributed by atoms with Crippen LogP contribution in [0.15, 0.2) is 68.8 Å². The van der Waals surface area contributed by atoms with Gasteiger partial charge in [-0.15, -0.1) is 0 Å². The summed E-state index contributed by atoms with van der Waals surface area (Å²) in [6.45, 7) is 0.472. The summed E-state index contributed by atoms with van der Waals surface area (Å²) >= 11 is 3.39. The number of methoxy groups -OCH3 is 2. The average molecular weight is 486 g/mol. The first-order chi connectivity index (χ1) is 15.0. The maximum atomic E-state index is 13.5. The van der Waals surface area contributed by atoms with Crippen molar-refractivity contribution in [3.63, 3.8) is 0 Å². The van der Waals surface area contributed by atoms with E-state index in [9.17, 15) is 14.7 Å². The first kappa shape index (κ1) is 21.1. The second kappa shape index (κ2) is 8.56. The summed E-state index contributed by atoms with van der Waals surface area (Å²) in [5.41, 5.74) is 1.09. The van der Waals surface area contributed by atoms with E-state index >= 15 is 0 Å². The molecule has 0 fully saturated rings. The van der Waals surface area contributed by atoms with Gasteiger partial charge in [0.2, 0.25) is 5.78 Å². The van der Waals surface area contributed by atoms with Gasteiger partial charge in [0.1, 0.15) is 0 Å². The quantitative estimate of drug-likeness (QED) is 0.498. The van der Waals surface area contributed by atoms with E-state index in [-0.39, 0.29) is 24.5 Å². The number of aliphatic hydroxyl groups is 1. The number of ether oxygens (including phenoxy) is 2. The monoisotopic (exact) mass is 485 g/mol. The lowest BCUT2D eigenvalue weighted by atomic mass is 9.95. The van der Waals surface area contributed by atoms with E-state index < -0.39 is 23.5 Å². The Hall–Kier alpha value is -3.10. The zero-order valence-electron chi connectivity index (χ0n) is 16.9. The number of aliphatic hydroxyl groups excluding tert-OH is 1. The van der Waals surface area contributed by atoms with Gasteiger partial charge >= 0.3 is 0 Å². The predicted molar refractivity (Wildman–Crippen MR) is 117 cm³/mol. The molecule has 0 radical (unpaired) electrons. The summed E-state index contributed by atoms with van der Waals surface area (Å²) in [4.78, 5) is 27.7. The number of halogens is 1. The normalized spacial score (nSPS) is 16.4. The van der Waals surface area contributed by atoms with Gasteiger partial charge in [-0.2, -0.15) is 0 Å². The van der Waals surface area contributed by atoms with Gasteiger partial charge < -0.3 is 23.9 Å². The summed E-state index contributed by atoms with van der Waals surface area (Å²) in [6, 6.07) is 13.4. The van der Waals surface area contributed by atoms with Crippen LogP contribution in [-0.2, 0) is 9.53 Å². The highest BCUT2D eigenvalue weighted by Gasteiger charge is 2.44. The van der Waals surface area contributed by atoms with Crippen molar-refractivity contribution >= 4 is 38.6 Å². The summed E-state index contributed by atoms with van der Waals surface area (Å²) < 4.78 is 17.1. The van der Waals surface area contributed by atoms with Crippen LogP contribution in [0.4, 0.5) is 0 Å². The maximum absolute atomic E-state index is 13.5. The SMILES string of the molecule is COCCN1C(=O)C(O)=C(C(=O)c2cc3cccc(OC)c3o2)C1c1ccc(Br)cc1. The van der Waals surface area contributed by atoms with E-state index in [2.05, 4.69) is 15.9 Å². The Morgan fingerprint density at radius 1 is 1.19 bits per heavy atom. The largest absolute Gasteiger partial charge is 0.503 e. The molecule has 31 heavy (non-hydrogen) atoms. The Labute approximate surface area is 187 Å². The van der Waals surface area contributed by atoms with E-state index in [1.807, 2.05) is 12.1 Å². The molecule has 4 rings (SSSR count). The molecule has 1 unspecified atom stereocenters. The van der Waals surface area contributed by atoms with Crippen LogP contribution in [-0.4, -0.2) is 49.1 Å². The first-order valence-corrected chi connectivity index (χ1v) is 10.3. The Bertz CT molecular complexity index is 1180. The van der Waals surface area contributed by atoms with Gasteiger partial charge in [0, 0.05) is 23.5 Å². The van der Waals surface area contributed by atoms with Crippen molar-refractivity contribution in [1.29, 1.82) is 0 Å². The van der Waals surface area contributed by atoms with E-state index in [0.29, 0.717) is 22.3 Å². The van der Waals surface area contributed by atoms with Crippen molar-refractivity contribution < 1.29 is 28.6 Å². The number of fused-ring (bicyclic) bond motifs is 1. The Morgan fingerprint density at radius 2 is 1.94 bits per heavy atom. The van der Waals surface area contributed by atoms with Crippen molar-refractivity contribution in [2.24, 2.45) is 0 Å². The number of amides is 1. The highest BCUT2D eigenvalue weighted by Crippen LogP contribution is 2.40. The molecule has 1 aliphatic rings. The maximum Gasteiger partial charge on any atom is 0.290 e. The second-order valence-corrected chi connectivity index (χ2v) is 7.94. The minimum Gasteiger partial charge on any atom is -0.503 e. The third-order valence-electron chi connectivity index (χ3n) is 5.22. The Balaban J connectivity index is 1.80. The van der Waals surface area contributed by atoms with Crippen LogP contribution < -0.4 is 4.74 Å². The number of Topliss-reactive ketones (excluding diaryl/α,β-unsaturated/α-hetero) is 1. The molecule has 0 spiro atoms. The van der Waals surface area contributed by atoms with Crippen molar-refractivity contribution in [2.75, 3.05) is 27.4 Å². The van der Waals surface area contributed by atoms with Crippen LogP contribution in [0.3, 0.4) is 0 Å². The lowest BCUT2D eigenvalue weighted by Crippen LogP contribution is -2.33. The van der Waals surface area contributed by atoms with Crippen LogP contribution >= 0.6 is 15.9 Å². The molecule has 1 amide bonds. The molecule has 0 bridgehead atoms. The number of furan rings is 1. The second-order valence-electron chi connectivity index (χ2n) is 7.03. The molecule has 0 aliphatic carbocycles. The summed E-state index contributed by atoms with van der Waals surface area (Å²) in [5, 5.41) is 11.4. The number of hydrogen-bond acceptors (Lipinski definition) is 6. The number of para-hydroxylation sites is 1. The zero-order valence-corrected chi connectivity index (χ0v) is 18.5. The number of ketones is 1. The smallest absolute Gasteiger partial charge is 0.290 e. The summed E-state index contributed by atoms with van der Waals surface area (Å²) in [5.74, 6) is -1.26. The third-order valence-corrected chi connectivity index (χ3v) is 5.75. The summed E-state index contributed by atoms with van der Waals surface area (Å²) in [6.07, 6.45) is 0. The molecule has 7 nitrogen and oxygen atoms in total. The number of carbonyl (C=O) groups excluding carboxylic acids is 2. The molecule has 1 N–H and O–H groups in total. The average Bonchev–Trinajstić information content (AvgIpc) is 3.32. The first-order valence-electron chi connectivity index (χ1n) is 9.56. The number of hydrogen-bond donors (Lipinski definition) is 1. The van der Waals surface area contributed by atoms with Crippen LogP contribution in [0.25, 0.3) is 11.0 Å². The number of rotatable bonds is 7. The molecule has 2 heterocycles. The molecular formula is C23H20BrNO6. The fourth-order valence-corrected chi connectivity index (χ4v) is 4.00. The van der Waals surface area contributed by atoms with E-state index in [1.165, 1.54) is 19.1 Å². The Morgan fingerprint density at radius 3 is 2.61 bits per heavy atom. The van der Waals surface area contributed by atoms with Gasteiger partial charge in [-0.05, 0) is 29.8 Å².